The molecular formula is C15H15N9O6. The van der Waals surface area contributed by atoms with Crippen molar-refractivity contribution in [2.75, 3.05) is 11.5 Å². The van der Waals surface area contributed by atoms with Crippen molar-refractivity contribution >= 4 is 28.3 Å². The van der Waals surface area contributed by atoms with E-state index >= 15 is 0 Å². The summed E-state index contributed by atoms with van der Waals surface area (Å²) >= 11 is 0. The maximum atomic E-state index is 12.3. The average Bonchev–Trinajstić information content (AvgIpc) is 3.37. The second-order valence-corrected chi connectivity index (χ2v) is 6.53. The number of hydrogen-bond acceptors (Lipinski definition) is 11. The first-order chi connectivity index (χ1) is 14.5. The van der Waals surface area contributed by atoms with Crippen molar-refractivity contribution in [3.8, 4) is 0 Å². The number of rotatable bonds is 3. The predicted molar refractivity (Wildman–Crippen MR) is 98.1 cm³/mol. The zero-order chi connectivity index (χ0) is 21.0. The lowest BCUT2D eigenvalue weighted by molar-refractivity contribution is -0.203. The standard InChI is InChI=1S/C15H15N9O6/c25-1-5-12(28)24(15-21-8-6(11(27)22-15)16-2-17-8)13(29)14(30-5)23-4-20-7-9(23)18-3-19-10(7)26/h2-5,12-14,25,28-29H,1H2,(H,18,19,26)(H2,16,17,21,22,27)/t5-,12?,13?,14-/m1/s1. The highest BCUT2D eigenvalue weighted by Gasteiger charge is 2.45. The molecule has 15 nitrogen and oxygen atoms in total. The largest absolute Gasteiger partial charge is 0.393 e. The van der Waals surface area contributed by atoms with Crippen LogP contribution < -0.4 is 16.0 Å². The van der Waals surface area contributed by atoms with Crippen molar-refractivity contribution in [1.29, 1.82) is 0 Å². The maximum Gasteiger partial charge on any atom is 0.278 e. The van der Waals surface area contributed by atoms with Gasteiger partial charge in [-0.05, 0) is 0 Å². The molecule has 30 heavy (non-hydrogen) atoms. The maximum absolute atomic E-state index is 12.3. The highest BCUT2D eigenvalue weighted by molar-refractivity contribution is 5.70. The van der Waals surface area contributed by atoms with E-state index in [0.717, 1.165) is 4.90 Å². The summed E-state index contributed by atoms with van der Waals surface area (Å²) in [6, 6.07) is 0. The lowest BCUT2D eigenvalue weighted by Crippen LogP contribution is -2.61. The van der Waals surface area contributed by atoms with Gasteiger partial charge in [0.15, 0.2) is 41.0 Å². The topological polar surface area (TPSA) is 211 Å². The predicted octanol–water partition coefficient (Wildman–Crippen LogP) is -2.89. The molecule has 15 heteroatoms. The fourth-order valence-corrected chi connectivity index (χ4v) is 3.39. The smallest absolute Gasteiger partial charge is 0.278 e. The van der Waals surface area contributed by atoms with E-state index in [0.29, 0.717) is 0 Å². The molecule has 1 aliphatic rings. The third-order valence-corrected chi connectivity index (χ3v) is 4.82. The Balaban J connectivity index is 1.64. The Morgan fingerprint density at radius 3 is 2.67 bits per heavy atom. The molecule has 0 amide bonds. The van der Waals surface area contributed by atoms with E-state index in [-0.39, 0.29) is 28.3 Å². The van der Waals surface area contributed by atoms with Crippen molar-refractivity contribution in [2.45, 2.75) is 24.8 Å². The summed E-state index contributed by atoms with van der Waals surface area (Å²) in [5, 5.41) is 31.3. The summed E-state index contributed by atoms with van der Waals surface area (Å²) < 4.78 is 6.92. The highest BCUT2D eigenvalue weighted by Crippen LogP contribution is 2.32. The molecule has 4 atom stereocenters. The van der Waals surface area contributed by atoms with Gasteiger partial charge in [-0.15, -0.1) is 0 Å². The fourth-order valence-electron chi connectivity index (χ4n) is 3.39. The molecule has 0 saturated carbocycles. The molecule has 0 bridgehead atoms. The second-order valence-electron chi connectivity index (χ2n) is 6.53. The number of morpholine rings is 1. The number of aliphatic hydroxyl groups excluding tert-OH is 3. The number of aliphatic hydroxyl groups is 3. The molecule has 1 saturated heterocycles. The molecule has 156 valence electrons. The minimum Gasteiger partial charge on any atom is -0.393 e. The zero-order valence-electron chi connectivity index (χ0n) is 15.0. The lowest BCUT2D eigenvalue weighted by atomic mass is 10.2. The van der Waals surface area contributed by atoms with Gasteiger partial charge in [-0.1, -0.05) is 0 Å². The Hall–Kier alpha value is -3.66. The van der Waals surface area contributed by atoms with Gasteiger partial charge in [0.05, 0.1) is 25.6 Å². The molecule has 1 fully saturated rings. The molecule has 0 aliphatic carbocycles. The summed E-state index contributed by atoms with van der Waals surface area (Å²) in [6.07, 6.45) is -1.95. The first kappa shape index (κ1) is 18.4. The summed E-state index contributed by atoms with van der Waals surface area (Å²) in [5.74, 6) is -0.193. The third kappa shape index (κ3) is 2.61. The second kappa shape index (κ2) is 6.70. The van der Waals surface area contributed by atoms with Crippen LogP contribution in [0.25, 0.3) is 22.3 Å². The molecule has 1 aliphatic heterocycles. The van der Waals surface area contributed by atoms with Crippen LogP contribution in [0.4, 0.5) is 5.95 Å². The number of hydrogen-bond donors (Lipinski definition) is 6. The van der Waals surface area contributed by atoms with Crippen LogP contribution in [0, 0.1) is 0 Å². The highest BCUT2D eigenvalue weighted by atomic mass is 16.6. The SMILES string of the molecule is O=c1[nH]cnc2c1ncn2[C@@H]1O[C@H](CO)C(O)N(c2nc3nc[nH]c3c(=O)[nH]2)C1O. The van der Waals surface area contributed by atoms with Crippen LogP contribution in [-0.4, -0.2) is 79.9 Å². The van der Waals surface area contributed by atoms with E-state index in [1.165, 1.54) is 23.5 Å². The van der Waals surface area contributed by atoms with E-state index in [9.17, 15) is 24.9 Å². The summed E-state index contributed by atoms with van der Waals surface area (Å²) in [4.78, 5) is 48.8. The van der Waals surface area contributed by atoms with Crippen LogP contribution in [0.5, 0.6) is 0 Å². The van der Waals surface area contributed by atoms with Crippen LogP contribution in [-0.2, 0) is 4.74 Å². The van der Waals surface area contributed by atoms with Gasteiger partial charge in [-0.25, -0.2) is 15.0 Å². The normalized spacial score (nSPS) is 24.7. The average molecular weight is 417 g/mol. The van der Waals surface area contributed by atoms with Gasteiger partial charge in [-0.3, -0.25) is 24.0 Å². The number of anilines is 1. The van der Waals surface area contributed by atoms with Crippen LogP contribution >= 0.6 is 0 Å². The summed E-state index contributed by atoms with van der Waals surface area (Å²) in [5.41, 5.74) is -0.754. The molecule has 4 aromatic heterocycles. The number of nitrogens with zero attached hydrogens (tertiary/aromatic N) is 6. The number of nitrogens with one attached hydrogen (secondary N) is 3. The monoisotopic (exact) mass is 417 g/mol. The Morgan fingerprint density at radius 1 is 1.07 bits per heavy atom. The summed E-state index contributed by atoms with van der Waals surface area (Å²) in [6.45, 7) is -0.615. The van der Waals surface area contributed by atoms with Gasteiger partial charge in [-0.2, -0.15) is 4.98 Å². The van der Waals surface area contributed by atoms with Crippen LogP contribution in [0.3, 0.4) is 0 Å². The van der Waals surface area contributed by atoms with E-state index in [4.69, 9.17) is 4.74 Å². The van der Waals surface area contributed by atoms with E-state index in [1.54, 1.807) is 0 Å². The Labute approximate surface area is 164 Å². The van der Waals surface area contributed by atoms with E-state index in [2.05, 4.69) is 34.9 Å². The molecule has 0 radical (unpaired) electrons. The first-order valence-electron chi connectivity index (χ1n) is 8.74. The van der Waals surface area contributed by atoms with Gasteiger partial charge in [0.2, 0.25) is 5.95 Å². The molecule has 5 heterocycles. The van der Waals surface area contributed by atoms with Crippen LogP contribution in [0.15, 0.2) is 28.6 Å². The van der Waals surface area contributed by atoms with Gasteiger partial charge in [0, 0.05) is 0 Å². The van der Waals surface area contributed by atoms with Crippen molar-refractivity contribution in [1.82, 2.24) is 39.5 Å². The van der Waals surface area contributed by atoms with Gasteiger partial charge >= 0.3 is 0 Å². The molecule has 2 unspecified atom stereocenters. The van der Waals surface area contributed by atoms with Crippen molar-refractivity contribution < 1.29 is 20.1 Å². The minimum atomic E-state index is -1.61. The number of H-pyrrole nitrogens is 3. The molecule has 0 spiro atoms. The third-order valence-electron chi connectivity index (χ3n) is 4.82. The quantitative estimate of drug-likeness (QED) is 0.199. The number of ether oxygens (including phenoxy) is 1. The van der Waals surface area contributed by atoms with Crippen LogP contribution in [0.2, 0.25) is 0 Å². The summed E-state index contributed by atoms with van der Waals surface area (Å²) in [7, 11) is 0. The Morgan fingerprint density at radius 2 is 1.87 bits per heavy atom. The minimum absolute atomic E-state index is 0.0102. The number of aromatic nitrogens is 8. The van der Waals surface area contributed by atoms with Crippen molar-refractivity contribution in [2.24, 2.45) is 0 Å². The number of aromatic amines is 3. The Kier molecular flexibility index (Phi) is 4.10. The lowest BCUT2D eigenvalue weighted by Gasteiger charge is -2.45. The van der Waals surface area contributed by atoms with Crippen molar-refractivity contribution in [3.63, 3.8) is 0 Å². The fraction of sp³-hybridized carbons (Fsp3) is 0.333. The van der Waals surface area contributed by atoms with E-state index < -0.39 is 42.5 Å². The number of fused-ring (bicyclic) bond motifs is 2. The van der Waals surface area contributed by atoms with Gasteiger partial charge in [0.25, 0.3) is 11.1 Å². The molecule has 4 aromatic rings. The Bertz CT molecular complexity index is 1340. The van der Waals surface area contributed by atoms with E-state index in [1.807, 2.05) is 0 Å². The number of imidazole rings is 2. The van der Waals surface area contributed by atoms with Crippen molar-refractivity contribution in [3.05, 3.63) is 39.7 Å². The molecule has 6 N–H and O–H groups in total. The molecule has 0 aromatic carbocycles. The molecule has 5 rings (SSSR count). The first-order valence-corrected chi connectivity index (χ1v) is 8.74. The molecular weight excluding hydrogens is 402 g/mol. The van der Waals surface area contributed by atoms with Gasteiger partial charge in [0.1, 0.15) is 6.10 Å². The van der Waals surface area contributed by atoms with Gasteiger partial charge < -0.3 is 30.0 Å². The zero-order valence-corrected chi connectivity index (χ0v) is 15.0. The van der Waals surface area contributed by atoms with Crippen LogP contribution in [0.1, 0.15) is 6.23 Å².